The molecule has 1 fully saturated rings. The molecular weight excluding hydrogens is 338 g/mol. The van der Waals surface area contributed by atoms with Crippen molar-refractivity contribution in [2.24, 2.45) is 0 Å². The summed E-state index contributed by atoms with van der Waals surface area (Å²) in [6.45, 7) is 1.89. The Morgan fingerprint density at radius 2 is 1.88 bits per heavy atom. The van der Waals surface area contributed by atoms with Crippen LogP contribution in [-0.4, -0.2) is 41.7 Å². The summed E-state index contributed by atoms with van der Waals surface area (Å²) < 4.78 is 0. The van der Waals surface area contributed by atoms with Crippen molar-refractivity contribution in [2.45, 2.75) is 19.0 Å². The van der Waals surface area contributed by atoms with Crippen molar-refractivity contribution in [3.8, 4) is 0 Å². The Morgan fingerprint density at radius 1 is 1.20 bits per heavy atom. The van der Waals surface area contributed by atoms with Crippen LogP contribution < -0.4 is 5.32 Å². The Labute approximate surface area is 150 Å². The van der Waals surface area contributed by atoms with Gasteiger partial charge in [0.25, 0.3) is 11.8 Å². The zero-order valence-corrected chi connectivity index (χ0v) is 15.1. The summed E-state index contributed by atoms with van der Waals surface area (Å²) in [5, 5.41) is 4.66. The lowest BCUT2D eigenvalue weighted by Crippen LogP contribution is -2.40. The second-order valence-electron chi connectivity index (χ2n) is 6.32. The van der Waals surface area contributed by atoms with Crippen molar-refractivity contribution < 1.29 is 14.4 Å². The minimum atomic E-state index is -1.02. The molecule has 1 N–H and O–H groups in total. The van der Waals surface area contributed by atoms with E-state index in [1.165, 1.54) is 21.1 Å². The van der Waals surface area contributed by atoms with Gasteiger partial charge < -0.3 is 10.2 Å². The Kier molecular flexibility index (Phi) is 4.34. The second-order valence-corrected chi connectivity index (χ2v) is 7.27. The van der Waals surface area contributed by atoms with Crippen molar-refractivity contribution in [1.29, 1.82) is 0 Å². The van der Waals surface area contributed by atoms with Gasteiger partial charge in [0.1, 0.15) is 0 Å². The van der Waals surface area contributed by atoms with E-state index in [4.69, 9.17) is 0 Å². The van der Waals surface area contributed by atoms with Gasteiger partial charge in [-0.3, -0.25) is 14.5 Å². The fraction of sp³-hybridized carbons (Fsp3) is 0.278. The standard InChI is InChI=1S/C18H19N3O3S/c1-18(14-5-4-10-25-14)16(23)21(17(24)19-18)11-12-6-8-13(9-7-12)15(22)20(2)3/h4-10H,11H2,1-3H3,(H,19,24). The molecule has 1 unspecified atom stereocenters. The Balaban J connectivity index is 1.78. The summed E-state index contributed by atoms with van der Waals surface area (Å²) in [6.07, 6.45) is 0. The summed E-state index contributed by atoms with van der Waals surface area (Å²) in [6, 6.07) is 10.2. The third kappa shape index (κ3) is 3.02. The van der Waals surface area contributed by atoms with Crippen LogP contribution in [0.3, 0.4) is 0 Å². The number of nitrogens with one attached hydrogen (secondary N) is 1. The number of urea groups is 1. The molecule has 3 rings (SSSR count). The number of benzene rings is 1. The van der Waals surface area contributed by atoms with Crippen LogP contribution in [0.4, 0.5) is 4.79 Å². The summed E-state index contributed by atoms with van der Waals surface area (Å²) in [7, 11) is 3.38. The lowest BCUT2D eigenvalue weighted by Gasteiger charge is -2.20. The third-order valence-electron chi connectivity index (χ3n) is 4.24. The summed E-state index contributed by atoms with van der Waals surface area (Å²) >= 11 is 1.44. The van der Waals surface area contributed by atoms with E-state index in [0.29, 0.717) is 5.56 Å². The molecular formula is C18H19N3O3S. The van der Waals surface area contributed by atoms with Gasteiger partial charge in [-0.1, -0.05) is 18.2 Å². The van der Waals surface area contributed by atoms with Crippen molar-refractivity contribution in [1.82, 2.24) is 15.1 Å². The van der Waals surface area contributed by atoms with Gasteiger partial charge in [0.15, 0.2) is 5.54 Å². The maximum atomic E-state index is 12.8. The number of carbonyl (C=O) groups is 3. The van der Waals surface area contributed by atoms with Gasteiger partial charge in [-0.2, -0.15) is 0 Å². The van der Waals surface area contributed by atoms with Crippen LogP contribution in [0.25, 0.3) is 0 Å². The molecule has 0 bridgehead atoms. The van der Waals surface area contributed by atoms with Crippen LogP contribution in [0.15, 0.2) is 41.8 Å². The Hall–Kier alpha value is -2.67. The monoisotopic (exact) mass is 357 g/mol. The molecule has 2 aromatic rings. The Morgan fingerprint density at radius 3 is 2.44 bits per heavy atom. The maximum Gasteiger partial charge on any atom is 0.325 e. The van der Waals surface area contributed by atoms with E-state index in [0.717, 1.165) is 10.4 Å². The van der Waals surface area contributed by atoms with Gasteiger partial charge >= 0.3 is 6.03 Å². The van der Waals surface area contributed by atoms with Crippen LogP contribution in [0.1, 0.15) is 27.7 Å². The van der Waals surface area contributed by atoms with Crippen molar-refractivity contribution >= 4 is 29.2 Å². The van der Waals surface area contributed by atoms with E-state index < -0.39 is 11.6 Å². The number of nitrogens with zero attached hydrogens (tertiary/aromatic N) is 2. The highest BCUT2D eigenvalue weighted by Gasteiger charge is 2.49. The molecule has 0 saturated carbocycles. The quantitative estimate of drug-likeness (QED) is 0.855. The minimum Gasteiger partial charge on any atom is -0.345 e. The molecule has 0 aliphatic carbocycles. The number of rotatable bonds is 4. The van der Waals surface area contributed by atoms with E-state index in [1.54, 1.807) is 45.3 Å². The minimum absolute atomic E-state index is 0.0909. The molecule has 2 heterocycles. The largest absolute Gasteiger partial charge is 0.345 e. The molecule has 1 aromatic carbocycles. The van der Waals surface area contributed by atoms with E-state index in [2.05, 4.69) is 5.32 Å². The van der Waals surface area contributed by atoms with E-state index >= 15 is 0 Å². The number of imide groups is 1. The summed E-state index contributed by atoms with van der Waals surface area (Å²) in [4.78, 5) is 40.5. The highest BCUT2D eigenvalue weighted by Crippen LogP contribution is 2.32. The van der Waals surface area contributed by atoms with E-state index in [-0.39, 0.29) is 18.4 Å². The first kappa shape index (κ1) is 17.2. The highest BCUT2D eigenvalue weighted by molar-refractivity contribution is 7.10. The van der Waals surface area contributed by atoms with E-state index in [1.807, 2.05) is 17.5 Å². The second kappa shape index (κ2) is 6.33. The number of hydrogen-bond donors (Lipinski definition) is 1. The van der Waals surface area contributed by atoms with Gasteiger partial charge in [0.2, 0.25) is 0 Å². The molecule has 0 radical (unpaired) electrons. The molecule has 1 atom stereocenters. The molecule has 0 spiro atoms. The van der Waals surface area contributed by atoms with Gasteiger partial charge in [-0.05, 0) is 36.1 Å². The van der Waals surface area contributed by atoms with Gasteiger partial charge in [0, 0.05) is 24.5 Å². The van der Waals surface area contributed by atoms with Gasteiger partial charge in [-0.15, -0.1) is 11.3 Å². The normalized spacial score (nSPS) is 19.9. The predicted octanol–water partition coefficient (Wildman–Crippen LogP) is 2.42. The molecule has 6 nitrogen and oxygen atoms in total. The van der Waals surface area contributed by atoms with Gasteiger partial charge in [-0.25, -0.2) is 4.79 Å². The van der Waals surface area contributed by atoms with Crippen LogP contribution in [0.5, 0.6) is 0 Å². The topological polar surface area (TPSA) is 69.7 Å². The first-order valence-corrected chi connectivity index (χ1v) is 8.69. The molecule has 1 aliphatic rings. The molecule has 7 heteroatoms. The van der Waals surface area contributed by atoms with Crippen molar-refractivity contribution in [2.75, 3.05) is 14.1 Å². The SMILES string of the molecule is CN(C)C(=O)c1ccc(CN2C(=O)NC(C)(c3cccs3)C2=O)cc1. The van der Waals surface area contributed by atoms with E-state index in [9.17, 15) is 14.4 Å². The first-order chi connectivity index (χ1) is 11.8. The fourth-order valence-corrected chi connectivity index (χ4v) is 3.60. The number of thiophene rings is 1. The fourth-order valence-electron chi connectivity index (χ4n) is 2.76. The number of carbonyl (C=O) groups excluding carboxylic acids is 3. The lowest BCUT2D eigenvalue weighted by atomic mass is 10.0. The zero-order valence-electron chi connectivity index (χ0n) is 14.3. The van der Waals surface area contributed by atoms with Crippen LogP contribution in [0.2, 0.25) is 0 Å². The van der Waals surface area contributed by atoms with Crippen molar-refractivity contribution in [3.63, 3.8) is 0 Å². The molecule has 4 amide bonds. The smallest absolute Gasteiger partial charge is 0.325 e. The summed E-state index contributed by atoms with van der Waals surface area (Å²) in [5.74, 6) is -0.361. The summed E-state index contributed by atoms with van der Waals surface area (Å²) in [5.41, 5.74) is 0.329. The van der Waals surface area contributed by atoms with Crippen LogP contribution >= 0.6 is 11.3 Å². The van der Waals surface area contributed by atoms with Crippen LogP contribution in [0, 0.1) is 0 Å². The van der Waals surface area contributed by atoms with Crippen molar-refractivity contribution in [3.05, 3.63) is 57.8 Å². The third-order valence-corrected chi connectivity index (χ3v) is 5.33. The maximum absolute atomic E-state index is 12.8. The Bertz CT molecular complexity index is 815. The molecule has 130 valence electrons. The zero-order chi connectivity index (χ0) is 18.2. The lowest BCUT2D eigenvalue weighted by molar-refractivity contribution is -0.131. The number of amides is 4. The average molecular weight is 357 g/mol. The van der Waals surface area contributed by atoms with Gasteiger partial charge in [0.05, 0.1) is 6.54 Å². The first-order valence-electron chi connectivity index (χ1n) is 7.81. The molecule has 25 heavy (non-hydrogen) atoms. The molecule has 1 saturated heterocycles. The highest BCUT2D eigenvalue weighted by atomic mass is 32.1. The molecule has 1 aromatic heterocycles. The predicted molar refractivity (Wildman–Crippen MR) is 95.2 cm³/mol. The average Bonchev–Trinajstić information content (AvgIpc) is 3.19. The van der Waals surface area contributed by atoms with Crippen LogP contribution in [-0.2, 0) is 16.9 Å². The number of hydrogen-bond acceptors (Lipinski definition) is 4. The molecule has 1 aliphatic heterocycles.